The van der Waals surface area contributed by atoms with E-state index >= 15 is 0 Å². The lowest BCUT2D eigenvalue weighted by atomic mass is 10.0. The van der Waals surface area contributed by atoms with E-state index in [0.29, 0.717) is 17.9 Å². The standard InChI is InChI=1S/C19H27N5/c1-4-17-7-5-6-12-24(17)18-13-20-23-19(22-18)21-16-10-8-15(9-11-16)14(2)3/h8-11,13-14,17H,4-7,12H2,1-3H3,(H,21,22,23). The normalized spacial score (nSPS) is 18.0. The number of piperidine rings is 1. The SMILES string of the molecule is CCC1CCCCN1c1cnnc(Nc2ccc(C(C)C)cc2)n1. The Morgan fingerprint density at radius 2 is 2.00 bits per heavy atom. The number of hydrogen-bond donors (Lipinski definition) is 1. The summed E-state index contributed by atoms with van der Waals surface area (Å²) in [5, 5.41) is 11.6. The summed E-state index contributed by atoms with van der Waals surface area (Å²) in [5.41, 5.74) is 2.32. The molecule has 1 aromatic heterocycles. The van der Waals surface area contributed by atoms with Crippen LogP contribution in [-0.4, -0.2) is 27.8 Å². The van der Waals surface area contributed by atoms with Crippen LogP contribution >= 0.6 is 0 Å². The van der Waals surface area contributed by atoms with Crippen molar-refractivity contribution in [2.24, 2.45) is 0 Å². The van der Waals surface area contributed by atoms with Gasteiger partial charge >= 0.3 is 0 Å². The number of aromatic nitrogens is 3. The Morgan fingerprint density at radius 1 is 1.21 bits per heavy atom. The zero-order valence-corrected chi connectivity index (χ0v) is 14.9. The number of benzene rings is 1. The molecule has 1 atom stereocenters. The molecule has 2 heterocycles. The highest BCUT2D eigenvalue weighted by molar-refractivity contribution is 5.55. The van der Waals surface area contributed by atoms with Crippen LogP contribution in [0.2, 0.25) is 0 Å². The second kappa shape index (κ2) is 7.60. The van der Waals surface area contributed by atoms with Crippen molar-refractivity contribution >= 4 is 17.5 Å². The van der Waals surface area contributed by atoms with Gasteiger partial charge in [0.15, 0.2) is 5.82 Å². The minimum atomic E-state index is 0.533. The Bertz CT molecular complexity index is 653. The molecule has 1 fully saturated rings. The lowest BCUT2D eigenvalue weighted by Crippen LogP contribution is -2.39. The van der Waals surface area contributed by atoms with Crippen LogP contribution in [0.4, 0.5) is 17.5 Å². The summed E-state index contributed by atoms with van der Waals surface area (Å²) in [6.45, 7) is 7.69. The summed E-state index contributed by atoms with van der Waals surface area (Å²) >= 11 is 0. The Balaban J connectivity index is 1.75. The monoisotopic (exact) mass is 325 g/mol. The Hall–Kier alpha value is -2.17. The quantitative estimate of drug-likeness (QED) is 0.876. The molecule has 0 bridgehead atoms. The fourth-order valence-electron chi connectivity index (χ4n) is 3.29. The molecule has 0 spiro atoms. The number of nitrogens with one attached hydrogen (secondary N) is 1. The number of anilines is 3. The van der Waals surface area contributed by atoms with Crippen molar-refractivity contribution in [1.29, 1.82) is 0 Å². The highest BCUT2D eigenvalue weighted by atomic mass is 15.3. The van der Waals surface area contributed by atoms with E-state index in [1.165, 1.54) is 24.8 Å². The molecule has 0 amide bonds. The van der Waals surface area contributed by atoms with Gasteiger partial charge in [0.1, 0.15) is 0 Å². The first-order valence-electron chi connectivity index (χ1n) is 9.00. The fourth-order valence-corrected chi connectivity index (χ4v) is 3.29. The molecular weight excluding hydrogens is 298 g/mol. The van der Waals surface area contributed by atoms with E-state index in [1.807, 2.05) is 0 Å². The predicted octanol–water partition coefficient (Wildman–Crippen LogP) is 4.51. The molecule has 1 N–H and O–H groups in total. The maximum atomic E-state index is 4.69. The molecule has 0 saturated carbocycles. The van der Waals surface area contributed by atoms with Gasteiger partial charge in [0.05, 0.1) is 6.20 Å². The lowest BCUT2D eigenvalue weighted by Gasteiger charge is -2.35. The number of nitrogens with zero attached hydrogens (tertiary/aromatic N) is 4. The van der Waals surface area contributed by atoms with Crippen molar-refractivity contribution in [2.75, 3.05) is 16.8 Å². The van der Waals surface area contributed by atoms with Gasteiger partial charge in [-0.05, 0) is 49.3 Å². The molecular formula is C19H27N5. The number of hydrogen-bond acceptors (Lipinski definition) is 5. The van der Waals surface area contributed by atoms with Crippen molar-refractivity contribution in [3.8, 4) is 0 Å². The molecule has 5 heteroatoms. The fraction of sp³-hybridized carbons (Fsp3) is 0.526. The van der Waals surface area contributed by atoms with Crippen LogP contribution in [0.25, 0.3) is 0 Å². The van der Waals surface area contributed by atoms with E-state index in [2.05, 4.69) is 70.4 Å². The predicted molar refractivity (Wildman–Crippen MR) is 98.9 cm³/mol. The third-order valence-corrected chi connectivity index (χ3v) is 4.77. The van der Waals surface area contributed by atoms with Crippen molar-refractivity contribution < 1.29 is 0 Å². The van der Waals surface area contributed by atoms with Gasteiger partial charge in [-0.15, -0.1) is 5.10 Å². The summed E-state index contributed by atoms with van der Waals surface area (Å²) < 4.78 is 0. The summed E-state index contributed by atoms with van der Waals surface area (Å²) in [6.07, 6.45) is 6.69. The second-order valence-electron chi connectivity index (χ2n) is 6.79. The summed E-state index contributed by atoms with van der Waals surface area (Å²) in [6, 6.07) is 8.99. The van der Waals surface area contributed by atoms with Crippen molar-refractivity contribution in [2.45, 2.75) is 58.4 Å². The Morgan fingerprint density at radius 3 is 2.71 bits per heavy atom. The summed E-state index contributed by atoms with van der Waals surface area (Å²) in [7, 11) is 0. The molecule has 2 aromatic rings. The van der Waals surface area contributed by atoms with Crippen LogP contribution in [0, 0.1) is 0 Å². The van der Waals surface area contributed by atoms with E-state index in [4.69, 9.17) is 0 Å². The van der Waals surface area contributed by atoms with Gasteiger partial charge in [0.25, 0.3) is 0 Å². The molecule has 1 aliphatic heterocycles. The molecule has 1 unspecified atom stereocenters. The smallest absolute Gasteiger partial charge is 0.249 e. The van der Waals surface area contributed by atoms with Gasteiger partial charge < -0.3 is 10.2 Å². The number of rotatable bonds is 5. The third kappa shape index (κ3) is 3.83. The molecule has 0 radical (unpaired) electrons. The van der Waals surface area contributed by atoms with Gasteiger partial charge in [0.2, 0.25) is 5.95 Å². The average Bonchev–Trinajstić information content (AvgIpc) is 2.62. The van der Waals surface area contributed by atoms with Gasteiger partial charge in [-0.25, -0.2) is 0 Å². The molecule has 1 aliphatic rings. The van der Waals surface area contributed by atoms with Gasteiger partial charge in [0, 0.05) is 18.3 Å². The van der Waals surface area contributed by atoms with E-state index in [9.17, 15) is 0 Å². The summed E-state index contributed by atoms with van der Waals surface area (Å²) in [5.74, 6) is 2.02. The molecule has 1 saturated heterocycles. The average molecular weight is 325 g/mol. The zero-order valence-electron chi connectivity index (χ0n) is 14.9. The largest absolute Gasteiger partial charge is 0.352 e. The maximum absolute atomic E-state index is 4.69. The first-order chi connectivity index (χ1) is 11.7. The molecule has 0 aliphatic carbocycles. The van der Waals surface area contributed by atoms with Crippen LogP contribution < -0.4 is 10.2 Å². The topological polar surface area (TPSA) is 53.9 Å². The molecule has 3 rings (SSSR count). The molecule has 24 heavy (non-hydrogen) atoms. The highest BCUT2D eigenvalue weighted by Crippen LogP contribution is 2.25. The van der Waals surface area contributed by atoms with Crippen LogP contribution in [0.15, 0.2) is 30.5 Å². The van der Waals surface area contributed by atoms with E-state index in [-0.39, 0.29) is 0 Å². The molecule has 5 nitrogen and oxygen atoms in total. The second-order valence-corrected chi connectivity index (χ2v) is 6.79. The van der Waals surface area contributed by atoms with E-state index in [0.717, 1.165) is 24.5 Å². The van der Waals surface area contributed by atoms with Gasteiger partial charge in [-0.2, -0.15) is 10.1 Å². The first kappa shape index (κ1) is 16.7. The third-order valence-electron chi connectivity index (χ3n) is 4.77. The van der Waals surface area contributed by atoms with Crippen molar-refractivity contribution in [3.05, 3.63) is 36.0 Å². The maximum Gasteiger partial charge on any atom is 0.249 e. The zero-order chi connectivity index (χ0) is 16.9. The van der Waals surface area contributed by atoms with Crippen molar-refractivity contribution in [1.82, 2.24) is 15.2 Å². The van der Waals surface area contributed by atoms with Crippen LogP contribution in [0.5, 0.6) is 0 Å². The van der Waals surface area contributed by atoms with E-state index < -0.39 is 0 Å². The van der Waals surface area contributed by atoms with Crippen LogP contribution in [0.1, 0.15) is 57.9 Å². The summed E-state index contributed by atoms with van der Waals surface area (Å²) in [4.78, 5) is 7.07. The minimum Gasteiger partial charge on any atom is -0.352 e. The Labute approximate surface area is 144 Å². The molecule has 1 aromatic carbocycles. The van der Waals surface area contributed by atoms with Gasteiger partial charge in [-0.3, -0.25) is 0 Å². The van der Waals surface area contributed by atoms with Crippen LogP contribution in [-0.2, 0) is 0 Å². The van der Waals surface area contributed by atoms with Gasteiger partial charge in [-0.1, -0.05) is 32.9 Å². The highest BCUT2D eigenvalue weighted by Gasteiger charge is 2.22. The first-order valence-corrected chi connectivity index (χ1v) is 9.00. The van der Waals surface area contributed by atoms with Crippen molar-refractivity contribution in [3.63, 3.8) is 0 Å². The van der Waals surface area contributed by atoms with E-state index in [1.54, 1.807) is 6.20 Å². The van der Waals surface area contributed by atoms with Crippen LogP contribution in [0.3, 0.4) is 0 Å². The minimum absolute atomic E-state index is 0.533. The molecule has 128 valence electrons. The lowest BCUT2D eigenvalue weighted by molar-refractivity contribution is 0.446. The Kier molecular flexibility index (Phi) is 5.28.